The number of amides is 1. The Kier molecular flexibility index (Phi) is 6.08. The molecule has 27 heavy (non-hydrogen) atoms. The highest BCUT2D eigenvalue weighted by Gasteiger charge is 2.16. The van der Waals surface area contributed by atoms with Crippen LogP contribution >= 0.6 is 11.6 Å². The van der Waals surface area contributed by atoms with E-state index in [1.807, 2.05) is 43.3 Å². The number of hydrogen-bond donors (Lipinski definition) is 0. The Morgan fingerprint density at radius 2 is 2.00 bits per heavy atom. The van der Waals surface area contributed by atoms with Gasteiger partial charge in [-0.1, -0.05) is 22.8 Å². The summed E-state index contributed by atoms with van der Waals surface area (Å²) in [6, 6.07) is 14.6. The fourth-order valence-corrected chi connectivity index (χ4v) is 2.89. The van der Waals surface area contributed by atoms with Crippen molar-refractivity contribution in [2.75, 3.05) is 18.6 Å². The third-order valence-electron chi connectivity index (χ3n) is 4.11. The van der Waals surface area contributed by atoms with Crippen LogP contribution in [0.1, 0.15) is 19.2 Å². The summed E-state index contributed by atoms with van der Waals surface area (Å²) >= 11 is 6.02. The maximum atomic E-state index is 12.6. The minimum atomic E-state index is -0.0241. The molecule has 0 unspecified atom stereocenters. The summed E-state index contributed by atoms with van der Waals surface area (Å²) in [5, 5.41) is 4.58. The van der Waals surface area contributed by atoms with Crippen molar-refractivity contribution in [3.8, 4) is 17.1 Å². The lowest BCUT2D eigenvalue weighted by Gasteiger charge is -2.21. The molecule has 0 saturated heterocycles. The number of rotatable bonds is 7. The van der Waals surface area contributed by atoms with E-state index in [-0.39, 0.29) is 12.3 Å². The van der Waals surface area contributed by atoms with E-state index in [9.17, 15) is 4.79 Å². The minimum absolute atomic E-state index is 0.0241. The Balaban J connectivity index is 1.64. The Morgan fingerprint density at radius 3 is 2.67 bits per heavy atom. The number of nitrogens with zero attached hydrogens (tertiary/aromatic N) is 3. The van der Waals surface area contributed by atoms with E-state index in [0.717, 1.165) is 17.0 Å². The fraction of sp³-hybridized carbons (Fsp3) is 0.250. The third kappa shape index (κ3) is 4.65. The van der Waals surface area contributed by atoms with E-state index in [4.69, 9.17) is 20.9 Å². The Bertz CT molecular complexity index is 909. The lowest BCUT2D eigenvalue weighted by molar-refractivity contribution is -0.118. The maximum Gasteiger partial charge on any atom is 0.227 e. The van der Waals surface area contributed by atoms with Gasteiger partial charge in [-0.3, -0.25) is 4.79 Å². The highest BCUT2D eigenvalue weighted by Crippen LogP contribution is 2.22. The van der Waals surface area contributed by atoms with Crippen molar-refractivity contribution in [3.05, 3.63) is 59.4 Å². The van der Waals surface area contributed by atoms with Crippen LogP contribution < -0.4 is 9.64 Å². The highest BCUT2D eigenvalue weighted by atomic mass is 35.5. The molecule has 7 heteroatoms. The summed E-state index contributed by atoms with van der Waals surface area (Å²) in [7, 11) is 1.61. The zero-order valence-corrected chi connectivity index (χ0v) is 15.9. The van der Waals surface area contributed by atoms with Crippen molar-refractivity contribution in [2.45, 2.75) is 19.8 Å². The topological polar surface area (TPSA) is 68.5 Å². The van der Waals surface area contributed by atoms with Crippen molar-refractivity contribution in [1.29, 1.82) is 0 Å². The summed E-state index contributed by atoms with van der Waals surface area (Å²) < 4.78 is 10.4. The van der Waals surface area contributed by atoms with Crippen molar-refractivity contribution < 1.29 is 14.1 Å². The lowest BCUT2D eigenvalue weighted by atomic mass is 10.2. The van der Waals surface area contributed by atoms with Gasteiger partial charge in [0, 0.05) is 35.7 Å². The summed E-state index contributed by atoms with van der Waals surface area (Å²) in [4.78, 5) is 18.6. The quantitative estimate of drug-likeness (QED) is 0.603. The van der Waals surface area contributed by atoms with Gasteiger partial charge in [-0.05, 0) is 49.4 Å². The molecule has 1 heterocycles. The third-order valence-corrected chi connectivity index (χ3v) is 4.34. The molecule has 0 fully saturated rings. The normalized spacial score (nSPS) is 10.6. The largest absolute Gasteiger partial charge is 0.497 e. The summed E-state index contributed by atoms with van der Waals surface area (Å²) in [5.41, 5.74) is 1.60. The maximum absolute atomic E-state index is 12.6. The van der Waals surface area contributed by atoms with Gasteiger partial charge in [-0.2, -0.15) is 4.98 Å². The number of benzene rings is 2. The molecule has 0 aliphatic carbocycles. The molecule has 140 valence electrons. The van der Waals surface area contributed by atoms with Crippen molar-refractivity contribution in [2.24, 2.45) is 0 Å². The number of carbonyl (C=O) groups is 1. The Morgan fingerprint density at radius 1 is 1.22 bits per heavy atom. The SMILES string of the molecule is CCN(C(=O)CCc1nc(-c2ccc(OC)cc2)no1)c1cccc(Cl)c1. The predicted octanol–water partition coefficient (Wildman–Crippen LogP) is 4.38. The van der Waals surface area contributed by atoms with Crippen LogP contribution in [0.5, 0.6) is 5.75 Å². The van der Waals surface area contributed by atoms with Crippen LogP contribution in [0.4, 0.5) is 5.69 Å². The number of halogens is 1. The first kappa shape index (κ1) is 18.9. The number of aryl methyl sites for hydroxylation is 1. The number of aromatic nitrogens is 2. The molecule has 3 aromatic rings. The molecule has 0 N–H and O–H groups in total. The number of ether oxygens (including phenoxy) is 1. The van der Waals surface area contributed by atoms with Crippen LogP contribution in [0.15, 0.2) is 53.1 Å². The van der Waals surface area contributed by atoms with E-state index >= 15 is 0 Å². The molecule has 0 aliphatic heterocycles. The van der Waals surface area contributed by atoms with Gasteiger partial charge in [-0.15, -0.1) is 0 Å². The number of anilines is 1. The van der Waals surface area contributed by atoms with Crippen molar-refractivity contribution in [3.63, 3.8) is 0 Å². The van der Waals surface area contributed by atoms with Crippen LogP contribution in [0.25, 0.3) is 11.4 Å². The molecule has 3 rings (SSSR count). The zero-order chi connectivity index (χ0) is 19.2. The molecule has 0 aliphatic rings. The molecule has 0 bridgehead atoms. The second-order valence-electron chi connectivity index (χ2n) is 5.86. The van der Waals surface area contributed by atoms with Gasteiger partial charge in [0.1, 0.15) is 5.75 Å². The van der Waals surface area contributed by atoms with Crippen LogP contribution in [-0.2, 0) is 11.2 Å². The Labute approximate surface area is 162 Å². The summed E-state index contributed by atoms with van der Waals surface area (Å²) in [5.74, 6) is 1.65. The molecule has 0 saturated carbocycles. The molecule has 2 aromatic carbocycles. The van der Waals surface area contributed by atoms with Crippen LogP contribution in [0.2, 0.25) is 5.02 Å². The van der Waals surface area contributed by atoms with Gasteiger partial charge in [0.2, 0.25) is 17.6 Å². The second-order valence-corrected chi connectivity index (χ2v) is 6.29. The van der Waals surface area contributed by atoms with E-state index in [1.54, 1.807) is 24.1 Å². The van der Waals surface area contributed by atoms with Gasteiger partial charge in [-0.25, -0.2) is 0 Å². The first-order chi connectivity index (χ1) is 13.1. The second kappa shape index (κ2) is 8.68. The molecular formula is C20H20ClN3O3. The average molecular weight is 386 g/mol. The fourth-order valence-electron chi connectivity index (χ4n) is 2.71. The standard InChI is InChI=1S/C20H20ClN3O3/c1-3-24(16-6-4-5-15(21)13-16)19(25)12-11-18-22-20(23-27-18)14-7-9-17(26-2)10-8-14/h4-10,13H,3,11-12H2,1-2H3. The summed E-state index contributed by atoms with van der Waals surface area (Å²) in [6.07, 6.45) is 0.643. The van der Waals surface area contributed by atoms with Crippen molar-refractivity contribution in [1.82, 2.24) is 10.1 Å². The first-order valence-corrected chi connectivity index (χ1v) is 9.01. The predicted molar refractivity (Wildman–Crippen MR) is 104 cm³/mol. The summed E-state index contributed by atoms with van der Waals surface area (Å²) in [6.45, 7) is 2.48. The average Bonchev–Trinajstić information content (AvgIpc) is 3.16. The lowest BCUT2D eigenvalue weighted by Crippen LogP contribution is -2.30. The van der Waals surface area contributed by atoms with E-state index in [0.29, 0.717) is 29.7 Å². The van der Waals surface area contributed by atoms with Crippen LogP contribution in [0, 0.1) is 0 Å². The van der Waals surface area contributed by atoms with Gasteiger partial charge in [0.15, 0.2) is 0 Å². The molecule has 0 atom stereocenters. The monoisotopic (exact) mass is 385 g/mol. The van der Waals surface area contributed by atoms with Gasteiger partial charge < -0.3 is 14.2 Å². The van der Waals surface area contributed by atoms with Gasteiger partial charge in [0.25, 0.3) is 0 Å². The number of carbonyl (C=O) groups excluding carboxylic acids is 1. The molecule has 1 amide bonds. The highest BCUT2D eigenvalue weighted by molar-refractivity contribution is 6.30. The first-order valence-electron chi connectivity index (χ1n) is 8.63. The van der Waals surface area contributed by atoms with Gasteiger partial charge >= 0.3 is 0 Å². The molecule has 6 nitrogen and oxygen atoms in total. The van der Waals surface area contributed by atoms with Crippen LogP contribution in [-0.4, -0.2) is 29.7 Å². The van der Waals surface area contributed by atoms with E-state index in [2.05, 4.69) is 10.1 Å². The van der Waals surface area contributed by atoms with E-state index < -0.39 is 0 Å². The molecule has 1 aromatic heterocycles. The number of hydrogen-bond acceptors (Lipinski definition) is 5. The smallest absolute Gasteiger partial charge is 0.227 e. The molecular weight excluding hydrogens is 366 g/mol. The Hall–Kier alpha value is -2.86. The van der Waals surface area contributed by atoms with E-state index in [1.165, 1.54) is 0 Å². The van der Waals surface area contributed by atoms with Crippen LogP contribution in [0.3, 0.4) is 0 Å². The molecule has 0 spiro atoms. The minimum Gasteiger partial charge on any atom is -0.497 e. The molecule has 0 radical (unpaired) electrons. The zero-order valence-electron chi connectivity index (χ0n) is 15.2. The number of methoxy groups -OCH3 is 1. The van der Waals surface area contributed by atoms with Gasteiger partial charge in [0.05, 0.1) is 7.11 Å². The van der Waals surface area contributed by atoms with Crippen molar-refractivity contribution >= 4 is 23.2 Å².